The summed E-state index contributed by atoms with van der Waals surface area (Å²) in [6.45, 7) is 2.09. The van der Waals surface area contributed by atoms with Gasteiger partial charge in [0.05, 0.1) is 11.8 Å². The first-order chi connectivity index (χ1) is 10.8. The Hall–Kier alpha value is -0.920. The lowest BCUT2D eigenvalue weighted by Crippen LogP contribution is -2.37. The average Bonchev–Trinajstić information content (AvgIpc) is 2.99. The molecule has 1 saturated heterocycles. The predicted molar refractivity (Wildman–Crippen MR) is 86.5 cm³/mol. The number of rotatable bonds is 6. The fourth-order valence-corrected chi connectivity index (χ4v) is 3.23. The summed E-state index contributed by atoms with van der Waals surface area (Å²) >= 11 is 5.70. The minimum atomic E-state index is -4.39. The molecule has 1 aliphatic rings. The molecule has 0 radical (unpaired) electrons. The van der Waals surface area contributed by atoms with Crippen LogP contribution in [0.4, 0.5) is 13.2 Å². The number of thioether (sulfide) groups is 1. The van der Waals surface area contributed by atoms with Crippen LogP contribution in [-0.2, 0) is 4.79 Å². The smallest absolute Gasteiger partial charge is 0.353 e. The zero-order valence-electron chi connectivity index (χ0n) is 12.4. The molecule has 2 rings (SSSR count). The van der Waals surface area contributed by atoms with Gasteiger partial charge in [0, 0.05) is 11.6 Å². The Labute approximate surface area is 142 Å². The van der Waals surface area contributed by atoms with E-state index < -0.39 is 17.2 Å². The van der Waals surface area contributed by atoms with E-state index in [9.17, 15) is 18.0 Å². The van der Waals surface area contributed by atoms with Gasteiger partial charge in [0.25, 0.3) is 0 Å². The molecule has 1 unspecified atom stereocenters. The SMILES string of the molecule is O=C(CSC(F)(F)F)NCC(c1cccc(Cl)c1)N1CCCC1. The lowest BCUT2D eigenvalue weighted by Gasteiger charge is -2.28. The van der Waals surface area contributed by atoms with Gasteiger partial charge in [-0.15, -0.1) is 0 Å². The van der Waals surface area contributed by atoms with E-state index in [2.05, 4.69) is 10.2 Å². The number of hydrogen-bond acceptors (Lipinski definition) is 3. The minimum Gasteiger partial charge on any atom is -0.353 e. The summed E-state index contributed by atoms with van der Waals surface area (Å²) in [5.74, 6) is -1.23. The molecule has 1 atom stereocenters. The molecule has 0 bridgehead atoms. The molecule has 1 aromatic carbocycles. The number of alkyl halides is 3. The fraction of sp³-hybridized carbons (Fsp3) is 0.533. The van der Waals surface area contributed by atoms with Crippen LogP contribution in [0.25, 0.3) is 0 Å². The Morgan fingerprint density at radius 2 is 2.04 bits per heavy atom. The number of amides is 1. The first kappa shape index (κ1) is 18.4. The van der Waals surface area contributed by atoms with Gasteiger partial charge in [-0.1, -0.05) is 23.7 Å². The first-order valence-corrected chi connectivity index (χ1v) is 8.68. The van der Waals surface area contributed by atoms with Crippen molar-refractivity contribution in [1.29, 1.82) is 0 Å². The number of halogens is 4. The third-order valence-electron chi connectivity index (χ3n) is 3.67. The van der Waals surface area contributed by atoms with Crippen LogP contribution in [0.15, 0.2) is 24.3 Å². The van der Waals surface area contributed by atoms with E-state index in [1.807, 2.05) is 18.2 Å². The van der Waals surface area contributed by atoms with E-state index in [-0.39, 0.29) is 24.3 Å². The molecule has 8 heteroatoms. The fourth-order valence-electron chi connectivity index (χ4n) is 2.63. The number of hydrogen-bond donors (Lipinski definition) is 1. The van der Waals surface area contributed by atoms with E-state index in [4.69, 9.17) is 11.6 Å². The van der Waals surface area contributed by atoms with Gasteiger partial charge in [-0.2, -0.15) is 13.2 Å². The Morgan fingerprint density at radius 3 is 2.65 bits per heavy atom. The van der Waals surface area contributed by atoms with Crippen LogP contribution in [0.5, 0.6) is 0 Å². The third kappa shape index (κ3) is 6.24. The highest BCUT2D eigenvalue weighted by Gasteiger charge is 2.30. The van der Waals surface area contributed by atoms with Crippen molar-refractivity contribution >= 4 is 29.3 Å². The van der Waals surface area contributed by atoms with Crippen molar-refractivity contribution in [2.24, 2.45) is 0 Å². The van der Waals surface area contributed by atoms with Gasteiger partial charge in [-0.25, -0.2) is 0 Å². The Morgan fingerprint density at radius 1 is 1.35 bits per heavy atom. The van der Waals surface area contributed by atoms with Gasteiger partial charge in [0.15, 0.2) is 0 Å². The standard InChI is InChI=1S/C15H18ClF3N2OS/c16-12-5-3-4-11(8-12)13(21-6-1-2-7-21)9-20-14(22)10-23-15(17,18)19/h3-5,8,13H,1-2,6-7,9-10H2,(H,20,22). The summed E-state index contributed by atoms with van der Waals surface area (Å²) in [5, 5.41) is 3.21. The Kier molecular flexibility index (Phi) is 6.61. The molecule has 1 N–H and O–H groups in total. The molecule has 1 amide bonds. The lowest BCUT2D eigenvalue weighted by molar-refractivity contribution is -0.119. The van der Waals surface area contributed by atoms with Crippen LogP contribution in [-0.4, -0.2) is 41.7 Å². The van der Waals surface area contributed by atoms with Crippen molar-refractivity contribution in [3.63, 3.8) is 0 Å². The van der Waals surface area contributed by atoms with Crippen LogP contribution >= 0.6 is 23.4 Å². The Bertz CT molecular complexity index is 536. The number of carbonyl (C=O) groups excluding carboxylic acids is 1. The van der Waals surface area contributed by atoms with Crippen molar-refractivity contribution in [2.45, 2.75) is 24.4 Å². The Balaban J connectivity index is 1.97. The second-order valence-electron chi connectivity index (χ2n) is 5.35. The second-order valence-corrected chi connectivity index (χ2v) is 6.83. The van der Waals surface area contributed by atoms with Crippen molar-refractivity contribution < 1.29 is 18.0 Å². The van der Waals surface area contributed by atoms with Crippen LogP contribution < -0.4 is 5.32 Å². The summed E-state index contributed by atoms with van der Waals surface area (Å²) in [5.41, 5.74) is -3.43. The maximum atomic E-state index is 12.1. The number of benzene rings is 1. The van der Waals surface area contributed by atoms with Crippen molar-refractivity contribution in [2.75, 3.05) is 25.4 Å². The van der Waals surface area contributed by atoms with Gasteiger partial charge in [-0.05, 0) is 55.4 Å². The van der Waals surface area contributed by atoms with E-state index in [1.54, 1.807) is 6.07 Å². The predicted octanol–water partition coefficient (Wildman–Crippen LogP) is 3.85. The summed E-state index contributed by atoms with van der Waals surface area (Å²) in [6.07, 6.45) is 2.16. The van der Waals surface area contributed by atoms with Crippen molar-refractivity contribution in [3.8, 4) is 0 Å². The van der Waals surface area contributed by atoms with Gasteiger partial charge in [0.2, 0.25) is 5.91 Å². The average molecular weight is 367 g/mol. The van der Waals surface area contributed by atoms with E-state index >= 15 is 0 Å². The summed E-state index contributed by atoms with van der Waals surface area (Å²) in [4.78, 5) is 13.9. The maximum Gasteiger partial charge on any atom is 0.442 e. The molecule has 0 aromatic heterocycles. The molecule has 0 saturated carbocycles. The molecular weight excluding hydrogens is 349 g/mol. The van der Waals surface area contributed by atoms with Crippen LogP contribution in [0.2, 0.25) is 5.02 Å². The highest BCUT2D eigenvalue weighted by molar-refractivity contribution is 8.00. The molecule has 23 heavy (non-hydrogen) atoms. The van der Waals surface area contributed by atoms with Gasteiger partial charge in [0.1, 0.15) is 0 Å². The van der Waals surface area contributed by atoms with Gasteiger partial charge >= 0.3 is 5.51 Å². The molecule has 0 spiro atoms. The second kappa shape index (κ2) is 8.26. The largest absolute Gasteiger partial charge is 0.442 e. The maximum absolute atomic E-state index is 12.1. The van der Waals surface area contributed by atoms with Crippen molar-refractivity contribution in [3.05, 3.63) is 34.9 Å². The highest BCUT2D eigenvalue weighted by Crippen LogP contribution is 2.30. The van der Waals surface area contributed by atoms with Crippen LogP contribution in [0, 0.1) is 0 Å². The minimum absolute atomic E-state index is 0.0731. The van der Waals surface area contributed by atoms with E-state index in [1.165, 1.54) is 0 Å². The summed E-state index contributed by atoms with van der Waals surface area (Å²) in [7, 11) is 0. The van der Waals surface area contributed by atoms with Crippen LogP contribution in [0.3, 0.4) is 0 Å². The highest BCUT2D eigenvalue weighted by atomic mass is 35.5. The zero-order chi connectivity index (χ0) is 16.9. The molecule has 1 aliphatic heterocycles. The van der Waals surface area contributed by atoms with Gasteiger partial charge in [-0.3, -0.25) is 9.69 Å². The number of carbonyl (C=O) groups is 1. The summed E-state index contributed by atoms with van der Waals surface area (Å²) < 4.78 is 36.4. The molecule has 0 aliphatic carbocycles. The number of likely N-dealkylation sites (tertiary alicyclic amines) is 1. The molecule has 1 heterocycles. The third-order valence-corrected chi connectivity index (χ3v) is 4.64. The molecule has 1 fully saturated rings. The first-order valence-electron chi connectivity index (χ1n) is 7.32. The molecule has 128 valence electrons. The lowest BCUT2D eigenvalue weighted by atomic mass is 10.1. The molecule has 1 aromatic rings. The number of nitrogens with one attached hydrogen (secondary N) is 1. The quantitative estimate of drug-likeness (QED) is 0.830. The van der Waals surface area contributed by atoms with E-state index in [0.717, 1.165) is 31.5 Å². The summed E-state index contributed by atoms with van der Waals surface area (Å²) in [6, 6.07) is 7.29. The topological polar surface area (TPSA) is 32.3 Å². The normalized spacial score (nSPS) is 17.2. The van der Waals surface area contributed by atoms with Gasteiger partial charge < -0.3 is 5.32 Å². The van der Waals surface area contributed by atoms with E-state index in [0.29, 0.717) is 5.02 Å². The number of nitrogens with zero attached hydrogens (tertiary/aromatic N) is 1. The van der Waals surface area contributed by atoms with Crippen LogP contribution in [0.1, 0.15) is 24.4 Å². The molecule has 3 nitrogen and oxygen atoms in total. The monoisotopic (exact) mass is 366 g/mol. The van der Waals surface area contributed by atoms with Crippen molar-refractivity contribution in [1.82, 2.24) is 10.2 Å². The molecular formula is C15H18ClF3N2OS. The zero-order valence-corrected chi connectivity index (χ0v) is 14.0.